The summed E-state index contributed by atoms with van der Waals surface area (Å²) in [6.45, 7) is 0. The maximum Gasteiger partial charge on any atom is 0.491 e. The molecule has 1 unspecified atom stereocenters. The van der Waals surface area contributed by atoms with E-state index in [0.717, 1.165) is 12.1 Å². The number of rotatable bonds is 4. The Morgan fingerprint density at radius 1 is 1.37 bits per heavy atom. The van der Waals surface area contributed by atoms with Gasteiger partial charge in [-0.25, -0.2) is 14.0 Å². The first-order valence-electron chi connectivity index (χ1n) is 7.25. The molecule has 0 radical (unpaired) electrons. The van der Waals surface area contributed by atoms with Crippen LogP contribution < -0.4 is 10.5 Å². The van der Waals surface area contributed by atoms with Crippen LogP contribution in [0.2, 0.25) is 0 Å². The summed E-state index contributed by atoms with van der Waals surface area (Å²) in [7, 11) is -3.57. The second-order valence-corrected chi connectivity index (χ2v) is 7.64. The predicted molar refractivity (Wildman–Crippen MR) is 83.6 cm³/mol. The zero-order chi connectivity index (χ0) is 20.6. The number of carbonyl (C=O) groups excluding carboxylic acids is 3. The van der Waals surface area contributed by atoms with Crippen LogP contribution in [0.1, 0.15) is 22.8 Å². The van der Waals surface area contributed by atoms with Crippen LogP contribution in [0.3, 0.4) is 0 Å². The number of carbonyl (C=O) groups is 3. The molecule has 8 nitrogen and oxygen atoms in total. The largest absolute Gasteiger partial charge is 0.491 e. The number of benzene rings is 1. The van der Waals surface area contributed by atoms with E-state index in [1.165, 1.54) is 6.07 Å². The van der Waals surface area contributed by atoms with E-state index in [1.807, 2.05) is 4.72 Å². The van der Waals surface area contributed by atoms with E-state index in [-0.39, 0.29) is 17.5 Å². The molecule has 1 aliphatic rings. The molecule has 0 spiro atoms. The number of amides is 1. The van der Waals surface area contributed by atoms with Crippen LogP contribution in [0.4, 0.5) is 17.6 Å². The Morgan fingerprint density at radius 3 is 2.48 bits per heavy atom. The fourth-order valence-corrected chi connectivity index (χ4v) is 3.86. The molecular weight excluding hydrogens is 400 g/mol. The van der Waals surface area contributed by atoms with Gasteiger partial charge in [-0.1, -0.05) is 12.1 Å². The average Bonchev–Trinajstić information content (AvgIpc) is 2.78. The van der Waals surface area contributed by atoms with Crippen LogP contribution in [0.5, 0.6) is 0 Å². The Balaban J connectivity index is 2.08. The minimum Gasteiger partial charge on any atom is -0.385 e. The molecule has 2 rings (SSSR count). The molecule has 1 amide bonds. The summed E-state index contributed by atoms with van der Waals surface area (Å²) in [6, 6.07) is 1.60. The van der Waals surface area contributed by atoms with E-state index in [1.54, 1.807) is 0 Å². The van der Waals surface area contributed by atoms with Crippen molar-refractivity contribution in [2.45, 2.75) is 30.3 Å². The van der Waals surface area contributed by atoms with Crippen molar-refractivity contribution in [2.24, 2.45) is 5.73 Å². The first kappa shape index (κ1) is 21.1. The maximum absolute atomic E-state index is 14.3. The highest BCUT2D eigenvalue weighted by Crippen LogP contribution is 2.56. The summed E-state index contributed by atoms with van der Waals surface area (Å²) in [4.78, 5) is 33.3. The highest BCUT2D eigenvalue weighted by molar-refractivity contribution is 8.23. The SMILES string of the molecule is N[C@@H](Cc1ccc(C2CC(=O)NS2(O)O)c(F)c1)C(=O)OC(=O)C(F)(F)F. The number of nitrogens with one attached hydrogen (secondary N) is 1. The molecule has 1 saturated heterocycles. The van der Waals surface area contributed by atoms with E-state index in [9.17, 15) is 41.1 Å². The smallest absolute Gasteiger partial charge is 0.385 e. The Labute approximate surface area is 151 Å². The lowest BCUT2D eigenvalue weighted by Gasteiger charge is -2.33. The van der Waals surface area contributed by atoms with Gasteiger partial charge in [-0.05, 0) is 18.1 Å². The summed E-state index contributed by atoms with van der Waals surface area (Å²) in [6.07, 6.45) is -6.15. The maximum atomic E-state index is 14.3. The summed E-state index contributed by atoms with van der Waals surface area (Å²) >= 11 is 0. The molecule has 27 heavy (non-hydrogen) atoms. The number of hydrogen-bond donors (Lipinski definition) is 4. The number of halogens is 4. The highest BCUT2D eigenvalue weighted by Gasteiger charge is 2.43. The topological polar surface area (TPSA) is 139 Å². The average molecular weight is 414 g/mol. The van der Waals surface area contributed by atoms with E-state index in [0.29, 0.717) is 0 Å². The summed E-state index contributed by atoms with van der Waals surface area (Å²) in [5.74, 6) is -5.95. The van der Waals surface area contributed by atoms with Crippen LogP contribution in [-0.4, -0.2) is 39.2 Å². The lowest BCUT2D eigenvalue weighted by molar-refractivity contribution is -0.202. The van der Waals surface area contributed by atoms with Gasteiger partial charge in [0, 0.05) is 5.56 Å². The normalized spacial score (nSPS) is 21.3. The lowest BCUT2D eigenvalue weighted by Crippen LogP contribution is -2.38. The summed E-state index contributed by atoms with van der Waals surface area (Å²) in [5.41, 5.74) is 5.28. The molecule has 2 atom stereocenters. The van der Waals surface area contributed by atoms with Gasteiger partial charge in [0.25, 0.3) is 0 Å². The molecule has 13 heteroatoms. The van der Waals surface area contributed by atoms with Gasteiger partial charge >= 0.3 is 18.1 Å². The van der Waals surface area contributed by atoms with E-state index < -0.39 is 58.3 Å². The molecule has 1 fully saturated rings. The quantitative estimate of drug-likeness (QED) is 0.333. The molecule has 0 aliphatic carbocycles. The molecule has 5 N–H and O–H groups in total. The molecule has 1 aliphatic heterocycles. The molecule has 150 valence electrons. The third-order valence-corrected chi connectivity index (χ3v) is 5.37. The second-order valence-electron chi connectivity index (χ2n) is 5.68. The fourth-order valence-electron chi connectivity index (χ4n) is 2.37. The number of esters is 2. The Morgan fingerprint density at radius 2 is 2.00 bits per heavy atom. The van der Waals surface area contributed by atoms with Gasteiger partial charge in [0.2, 0.25) is 5.91 Å². The third kappa shape index (κ3) is 4.94. The molecule has 1 aromatic rings. The lowest BCUT2D eigenvalue weighted by atomic mass is 10.0. The van der Waals surface area contributed by atoms with Gasteiger partial charge in [-0.15, -0.1) is 10.8 Å². The van der Waals surface area contributed by atoms with Crippen molar-refractivity contribution in [1.29, 1.82) is 0 Å². The van der Waals surface area contributed by atoms with Crippen molar-refractivity contribution in [3.8, 4) is 0 Å². The monoisotopic (exact) mass is 414 g/mol. The first-order valence-corrected chi connectivity index (χ1v) is 8.86. The van der Waals surface area contributed by atoms with Crippen LogP contribution in [0.15, 0.2) is 18.2 Å². The zero-order valence-corrected chi connectivity index (χ0v) is 14.1. The van der Waals surface area contributed by atoms with Crippen molar-refractivity contribution in [3.05, 3.63) is 35.1 Å². The molecule has 0 aromatic heterocycles. The van der Waals surface area contributed by atoms with Crippen molar-refractivity contribution in [3.63, 3.8) is 0 Å². The molecule has 0 bridgehead atoms. The van der Waals surface area contributed by atoms with Gasteiger partial charge in [0.15, 0.2) is 0 Å². The predicted octanol–water partition coefficient (Wildman–Crippen LogP) is 1.55. The van der Waals surface area contributed by atoms with Gasteiger partial charge in [0.1, 0.15) is 17.1 Å². The van der Waals surface area contributed by atoms with Gasteiger partial charge < -0.3 is 10.5 Å². The number of nitrogens with two attached hydrogens (primary N) is 1. The van der Waals surface area contributed by atoms with Crippen LogP contribution in [0, 0.1) is 5.82 Å². The second kappa shape index (κ2) is 7.42. The van der Waals surface area contributed by atoms with Gasteiger partial charge in [-0.3, -0.25) is 18.6 Å². The van der Waals surface area contributed by atoms with Crippen molar-refractivity contribution in [2.75, 3.05) is 0 Å². The summed E-state index contributed by atoms with van der Waals surface area (Å²) in [5, 5.41) is -1.21. The Hall–Kier alpha value is -2.22. The Kier molecular flexibility index (Phi) is 5.79. The van der Waals surface area contributed by atoms with Crippen LogP contribution in [0.25, 0.3) is 0 Å². The third-order valence-electron chi connectivity index (χ3n) is 3.63. The molecule has 1 aromatic carbocycles. The molecular formula is C14H14F4N2O6S. The standard InChI is InChI=1S/C14H14F4N2O6S/c15-8-3-6(4-9(19)12(22)26-13(23)14(16,17)18)1-2-7(8)10-5-11(21)20-27(10,24)25/h1-3,9-10,24-25H,4-5,19H2,(H,20,21)/t9-,10?/m0/s1. The van der Waals surface area contributed by atoms with Gasteiger partial charge in [0.05, 0.1) is 6.42 Å². The molecule has 1 heterocycles. The Bertz CT molecular complexity index is 785. The van der Waals surface area contributed by atoms with Crippen molar-refractivity contribution in [1.82, 2.24) is 4.72 Å². The van der Waals surface area contributed by atoms with Crippen LogP contribution >= 0.6 is 10.8 Å². The fraction of sp³-hybridized carbons (Fsp3) is 0.357. The number of hydrogen-bond acceptors (Lipinski definition) is 7. The van der Waals surface area contributed by atoms with E-state index in [2.05, 4.69) is 4.74 Å². The minimum absolute atomic E-state index is 0.0777. The highest BCUT2D eigenvalue weighted by atomic mass is 32.3. The summed E-state index contributed by atoms with van der Waals surface area (Å²) < 4.78 is 75.5. The number of ether oxygens (including phenoxy) is 1. The van der Waals surface area contributed by atoms with Crippen molar-refractivity contribution < 1.29 is 45.8 Å². The van der Waals surface area contributed by atoms with Gasteiger partial charge in [-0.2, -0.15) is 13.2 Å². The zero-order valence-electron chi connectivity index (χ0n) is 13.3. The number of alkyl halides is 3. The van der Waals surface area contributed by atoms with E-state index in [4.69, 9.17) is 5.73 Å². The van der Waals surface area contributed by atoms with Crippen molar-refractivity contribution >= 4 is 28.6 Å². The molecule has 0 saturated carbocycles. The first-order chi connectivity index (χ1) is 12.3. The van der Waals surface area contributed by atoms with Crippen LogP contribution in [-0.2, 0) is 25.5 Å². The van der Waals surface area contributed by atoms with E-state index >= 15 is 0 Å². The minimum atomic E-state index is -5.36.